The molecule has 7 heteroatoms. The third-order valence-electron chi connectivity index (χ3n) is 4.84. The first kappa shape index (κ1) is 14.8. The standard InChI is InChI=1S/C16H23N5O2/c1-11-3-5-16(6-4-11)22-9-13(23-16)8-17-14-7-12(2)20-15-18-10-19-21(14)15/h7,10-11,13,17H,3-6,8-9H2,1-2H3/t11?,13-,16?/m1/s1. The molecule has 2 aromatic rings. The second-order valence-corrected chi connectivity index (χ2v) is 6.78. The number of ether oxygens (including phenoxy) is 2. The maximum Gasteiger partial charge on any atom is 0.254 e. The number of aromatic nitrogens is 4. The Morgan fingerprint density at radius 3 is 3.04 bits per heavy atom. The van der Waals surface area contributed by atoms with Crippen LogP contribution in [0.2, 0.25) is 0 Å². The fraction of sp³-hybridized carbons (Fsp3) is 0.688. The van der Waals surface area contributed by atoms with Crippen molar-refractivity contribution in [3.05, 3.63) is 18.1 Å². The van der Waals surface area contributed by atoms with E-state index in [1.165, 1.54) is 19.2 Å². The fourth-order valence-electron chi connectivity index (χ4n) is 3.46. The fourth-order valence-corrected chi connectivity index (χ4v) is 3.46. The van der Waals surface area contributed by atoms with E-state index >= 15 is 0 Å². The van der Waals surface area contributed by atoms with Crippen molar-refractivity contribution in [1.82, 2.24) is 19.6 Å². The molecule has 1 saturated heterocycles. The van der Waals surface area contributed by atoms with Crippen LogP contribution in [0, 0.1) is 12.8 Å². The monoisotopic (exact) mass is 317 g/mol. The van der Waals surface area contributed by atoms with Crippen molar-refractivity contribution in [1.29, 1.82) is 0 Å². The predicted molar refractivity (Wildman–Crippen MR) is 85.2 cm³/mol. The van der Waals surface area contributed by atoms with Crippen molar-refractivity contribution in [2.45, 2.75) is 51.4 Å². The smallest absolute Gasteiger partial charge is 0.254 e. The van der Waals surface area contributed by atoms with E-state index in [1.807, 2.05) is 13.0 Å². The molecule has 0 radical (unpaired) electrons. The van der Waals surface area contributed by atoms with Gasteiger partial charge in [0.2, 0.25) is 0 Å². The zero-order valence-electron chi connectivity index (χ0n) is 13.7. The molecule has 4 rings (SSSR count). The minimum absolute atomic E-state index is 0.0652. The molecular weight excluding hydrogens is 294 g/mol. The summed E-state index contributed by atoms with van der Waals surface area (Å²) < 4.78 is 14.0. The van der Waals surface area contributed by atoms with Gasteiger partial charge in [0.25, 0.3) is 5.78 Å². The summed E-state index contributed by atoms with van der Waals surface area (Å²) in [5.74, 6) is 1.93. The molecule has 1 aliphatic heterocycles. The van der Waals surface area contributed by atoms with Gasteiger partial charge in [-0.3, -0.25) is 0 Å². The third kappa shape index (κ3) is 2.90. The number of nitrogens with one attached hydrogen (secondary N) is 1. The Morgan fingerprint density at radius 1 is 1.39 bits per heavy atom. The highest BCUT2D eigenvalue weighted by Gasteiger charge is 2.43. The van der Waals surface area contributed by atoms with Gasteiger partial charge in [0.15, 0.2) is 5.79 Å². The molecular formula is C16H23N5O2. The molecule has 1 saturated carbocycles. The largest absolute Gasteiger partial charge is 0.367 e. The lowest BCUT2D eigenvalue weighted by molar-refractivity contribution is -0.190. The van der Waals surface area contributed by atoms with Crippen LogP contribution in [0.3, 0.4) is 0 Å². The summed E-state index contributed by atoms with van der Waals surface area (Å²) in [5.41, 5.74) is 0.911. The Bertz CT molecular complexity index is 693. The molecule has 7 nitrogen and oxygen atoms in total. The molecule has 0 amide bonds. The second kappa shape index (κ2) is 5.72. The Balaban J connectivity index is 1.41. The van der Waals surface area contributed by atoms with E-state index < -0.39 is 0 Å². The van der Waals surface area contributed by atoms with Gasteiger partial charge >= 0.3 is 0 Å². The lowest BCUT2D eigenvalue weighted by Crippen LogP contribution is -2.36. The molecule has 3 heterocycles. The van der Waals surface area contributed by atoms with Gasteiger partial charge in [-0.2, -0.15) is 14.6 Å². The van der Waals surface area contributed by atoms with Crippen LogP contribution in [-0.4, -0.2) is 44.6 Å². The van der Waals surface area contributed by atoms with Gasteiger partial charge in [0.05, 0.1) is 6.61 Å². The highest BCUT2D eigenvalue weighted by atomic mass is 16.7. The molecule has 1 spiro atoms. The van der Waals surface area contributed by atoms with Crippen molar-refractivity contribution in [3.8, 4) is 0 Å². The summed E-state index contributed by atoms with van der Waals surface area (Å²) in [6, 6.07) is 1.97. The average Bonchev–Trinajstić information content (AvgIpc) is 3.15. The molecule has 2 aromatic heterocycles. The van der Waals surface area contributed by atoms with Crippen LogP contribution < -0.4 is 5.32 Å². The van der Waals surface area contributed by atoms with Crippen LogP contribution in [0.25, 0.3) is 5.78 Å². The van der Waals surface area contributed by atoms with Crippen molar-refractivity contribution in [2.75, 3.05) is 18.5 Å². The molecule has 0 bridgehead atoms. The van der Waals surface area contributed by atoms with E-state index in [0.717, 1.165) is 30.3 Å². The van der Waals surface area contributed by atoms with Crippen LogP contribution >= 0.6 is 0 Å². The van der Waals surface area contributed by atoms with Crippen LogP contribution in [0.5, 0.6) is 0 Å². The van der Waals surface area contributed by atoms with Gasteiger partial charge < -0.3 is 14.8 Å². The minimum Gasteiger partial charge on any atom is -0.367 e. The SMILES string of the molecule is Cc1cc(NC[C@@H]2COC3(CCC(C)CC3)O2)n2ncnc2n1. The Kier molecular flexibility index (Phi) is 3.69. The zero-order chi connectivity index (χ0) is 15.9. The number of rotatable bonds is 3. The number of nitrogens with zero attached hydrogens (tertiary/aromatic N) is 4. The Hall–Kier alpha value is -1.73. The molecule has 1 aliphatic carbocycles. The maximum absolute atomic E-state index is 6.24. The van der Waals surface area contributed by atoms with Crippen molar-refractivity contribution < 1.29 is 9.47 Å². The van der Waals surface area contributed by atoms with Crippen LogP contribution in [-0.2, 0) is 9.47 Å². The van der Waals surface area contributed by atoms with Gasteiger partial charge in [-0.25, -0.2) is 4.98 Å². The first-order valence-electron chi connectivity index (χ1n) is 8.37. The van der Waals surface area contributed by atoms with E-state index in [4.69, 9.17) is 9.47 Å². The van der Waals surface area contributed by atoms with E-state index in [-0.39, 0.29) is 11.9 Å². The van der Waals surface area contributed by atoms with E-state index in [9.17, 15) is 0 Å². The first-order valence-corrected chi connectivity index (χ1v) is 8.37. The molecule has 0 unspecified atom stereocenters. The molecule has 2 aliphatic rings. The normalized spacial score (nSPS) is 31.0. The molecule has 2 fully saturated rings. The molecule has 23 heavy (non-hydrogen) atoms. The lowest BCUT2D eigenvalue weighted by atomic mass is 9.86. The number of hydrogen-bond donors (Lipinski definition) is 1. The molecule has 0 aromatic carbocycles. The summed E-state index contributed by atoms with van der Waals surface area (Å²) >= 11 is 0. The van der Waals surface area contributed by atoms with Gasteiger partial charge in [-0.05, 0) is 25.7 Å². The number of fused-ring (bicyclic) bond motifs is 1. The summed E-state index contributed by atoms with van der Waals surface area (Å²) in [7, 11) is 0. The van der Waals surface area contributed by atoms with Gasteiger partial charge in [0, 0.05) is 31.1 Å². The average molecular weight is 317 g/mol. The number of hydrogen-bond acceptors (Lipinski definition) is 6. The van der Waals surface area contributed by atoms with Crippen molar-refractivity contribution >= 4 is 11.6 Å². The topological polar surface area (TPSA) is 73.6 Å². The first-order chi connectivity index (χ1) is 11.1. The zero-order valence-corrected chi connectivity index (χ0v) is 13.7. The minimum atomic E-state index is -0.338. The van der Waals surface area contributed by atoms with Crippen LogP contribution in [0.4, 0.5) is 5.82 Å². The van der Waals surface area contributed by atoms with E-state index in [1.54, 1.807) is 4.52 Å². The highest BCUT2D eigenvalue weighted by molar-refractivity contribution is 5.44. The lowest BCUT2D eigenvalue weighted by Gasteiger charge is -2.34. The van der Waals surface area contributed by atoms with Gasteiger partial charge in [-0.1, -0.05) is 6.92 Å². The van der Waals surface area contributed by atoms with Crippen molar-refractivity contribution in [3.63, 3.8) is 0 Å². The quantitative estimate of drug-likeness (QED) is 0.935. The molecule has 1 N–H and O–H groups in total. The predicted octanol–water partition coefficient (Wildman–Crippen LogP) is 2.17. The summed E-state index contributed by atoms with van der Waals surface area (Å²) in [4.78, 5) is 8.48. The second-order valence-electron chi connectivity index (χ2n) is 6.78. The summed E-state index contributed by atoms with van der Waals surface area (Å²) in [5, 5.41) is 7.61. The number of aryl methyl sites for hydroxylation is 1. The summed E-state index contributed by atoms with van der Waals surface area (Å²) in [6.45, 7) is 5.59. The van der Waals surface area contributed by atoms with Crippen LogP contribution in [0.1, 0.15) is 38.3 Å². The van der Waals surface area contributed by atoms with Gasteiger partial charge in [-0.15, -0.1) is 0 Å². The van der Waals surface area contributed by atoms with E-state index in [0.29, 0.717) is 18.9 Å². The van der Waals surface area contributed by atoms with Crippen LogP contribution in [0.15, 0.2) is 12.4 Å². The third-order valence-corrected chi connectivity index (χ3v) is 4.84. The molecule has 1 atom stereocenters. The van der Waals surface area contributed by atoms with E-state index in [2.05, 4.69) is 27.3 Å². The Morgan fingerprint density at radius 2 is 2.22 bits per heavy atom. The maximum atomic E-state index is 6.24. The molecule has 124 valence electrons. The summed E-state index contributed by atoms with van der Waals surface area (Å²) in [6.07, 6.45) is 5.96. The Labute approximate surface area is 135 Å². The van der Waals surface area contributed by atoms with Gasteiger partial charge in [0.1, 0.15) is 18.2 Å². The number of anilines is 1. The van der Waals surface area contributed by atoms with Crippen molar-refractivity contribution in [2.24, 2.45) is 5.92 Å². The highest BCUT2D eigenvalue weighted by Crippen LogP contribution is 2.39.